The Morgan fingerprint density at radius 1 is 1.28 bits per heavy atom. The Bertz CT molecular complexity index is 1650. The lowest BCUT2D eigenvalue weighted by molar-refractivity contribution is 0.0577. The minimum Gasteiger partial charge on any atom is -0.389 e. The van der Waals surface area contributed by atoms with E-state index >= 15 is 0 Å². The van der Waals surface area contributed by atoms with E-state index in [-0.39, 0.29) is 11.7 Å². The predicted octanol–water partition coefficient (Wildman–Crippen LogP) is 3.81. The summed E-state index contributed by atoms with van der Waals surface area (Å²) in [7, 11) is 1.81. The van der Waals surface area contributed by atoms with Gasteiger partial charge in [-0.25, -0.2) is 9.78 Å². The van der Waals surface area contributed by atoms with Crippen molar-refractivity contribution in [3.8, 4) is 21.7 Å². The molecule has 0 saturated heterocycles. The van der Waals surface area contributed by atoms with Gasteiger partial charge >= 0.3 is 5.69 Å². The second-order valence-corrected chi connectivity index (χ2v) is 11.8. The molecule has 5 aromatic rings. The zero-order valence-corrected chi connectivity index (χ0v) is 22.0. The maximum absolute atomic E-state index is 13.2. The van der Waals surface area contributed by atoms with Gasteiger partial charge in [0.1, 0.15) is 5.65 Å². The molecule has 36 heavy (non-hydrogen) atoms. The number of aliphatic hydroxyl groups is 1. The van der Waals surface area contributed by atoms with Gasteiger partial charge in [0.25, 0.3) is 0 Å². The highest BCUT2D eigenvalue weighted by Gasteiger charge is 2.26. The number of rotatable bonds is 5. The highest BCUT2D eigenvalue weighted by molar-refractivity contribution is 7.15. The number of fused-ring (bicyclic) bond motifs is 4. The summed E-state index contributed by atoms with van der Waals surface area (Å²) in [6.07, 6.45) is 6.58. The lowest BCUT2D eigenvalue weighted by Gasteiger charge is -2.16. The van der Waals surface area contributed by atoms with Crippen molar-refractivity contribution in [2.75, 3.05) is 6.54 Å². The van der Waals surface area contributed by atoms with Crippen molar-refractivity contribution in [1.82, 2.24) is 34.2 Å². The van der Waals surface area contributed by atoms with Crippen molar-refractivity contribution in [3.63, 3.8) is 0 Å². The van der Waals surface area contributed by atoms with Crippen LogP contribution in [0.1, 0.15) is 44.2 Å². The van der Waals surface area contributed by atoms with Crippen LogP contribution in [0.25, 0.3) is 43.8 Å². The Balaban J connectivity index is 1.69. The number of aryl methyl sites for hydroxylation is 1. The highest BCUT2D eigenvalue weighted by atomic mass is 32.1. The van der Waals surface area contributed by atoms with E-state index in [1.807, 2.05) is 42.1 Å². The van der Waals surface area contributed by atoms with Crippen LogP contribution in [-0.2, 0) is 26.6 Å². The number of hydrogen-bond acceptors (Lipinski definition) is 6. The average Bonchev–Trinajstić information content (AvgIpc) is 3.56. The number of nitrogens with zero attached hydrogens (tertiary/aromatic N) is 5. The van der Waals surface area contributed by atoms with Crippen LogP contribution in [0, 0.1) is 0 Å². The molecule has 0 saturated carbocycles. The molecule has 5 aromatic heterocycles. The molecule has 1 aliphatic rings. The topological polar surface area (TPSA) is 106 Å². The summed E-state index contributed by atoms with van der Waals surface area (Å²) < 4.78 is 5.32. The number of pyridine rings is 1. The SMILES string of the molecule is CC(C)n1c(=O)n(C)c2cnc3[nH]c(-c4cnn(CC(C)(C)O)c4)c(-c4cc5c(s4)CCNC5)c3c21. The Morgan fingerprint density at radius 2 is 2.08 bits per heavy atom. The van der Waals surface area contributed by atoms with Crippen LogP contribution >= 0.6 is 11.3 Å². The third kappa shape index (κ3) is 3.63. The summed E-state index contributed by atoms with van der Waals surface area (Å²) in [6.45, 7) is 9.85. The Kier molecular flexibility index (Phi) is 5.26. The van der Waals surface area contributed by atoms with Gasteiger partial charge in [-0.05, 0) is 45.7 Å². The number of aromatic nitrogens is 6. The van der Waals surface area contributed by atoms with E-state index in [1.165, 1.54) is 10.4 Å². The zero-order valence-electron chi connectivity index (χ0n) is 21.2. The van der Waals surface area contributed by atoms with Crippen molar-refractivity contribution in [2.45, 2.75) is 58.8 Å². The minimum absolute atomic E-state index is 0.00622. The number of H-pyrrole nitrogens is 1. The van der Waals surface area contributed by atoms with Gasteiger partial charge in [-0.2, -0.15) is 5.10 Å². The Morgan fingerprint density at radius 3 is 2.81 bits per heavy atom. The van der Waals surface area contributed by atoms with Crippen molar-refractivity contribution in [3.05, 3.63) is 45.6 Å². The van der Waals surface area contributed by atoms with E-state index in [4.69, 9.17) is 4.98 Å². The van der Waals surface area contributed by atoms with E-state index in [2.05, 4.69) is 21.5 Å². The van der Waals surface area contributed by atoms with Crippen molar-refractivity contribution in [2.24, 2.45) is 7.05 Å². The molecule has 0 aliphatic carbocycles. The fraction of sp³-hybridized carbons (Fsp3) is 0.423. The fourth-order valence-electron chi connectivity index (χ4n) is 5.27. The number of hydrogen-bond donors (Lipinski definition) is 3. The van der Waals surface area contributed by atoms with Crippen LogP contribution in [0.4, 0.5) is 0 Å². The van der Waals surface area contributed by atoms with Gasteiger partial charge in [-0.15, -0.1) is 11.3 Å². The normalized spacial score (nSPS) is 14.4. The zero-order chi connectivity index (χ0) is 25.4. The molecule has 0 fully saturated rings. The number of nitrogens with one attached hydrogen (secondary N) is 2. The number of aromatic amines is 1. The maximum Gasteiger partial charge on any atom is 0.329 e. The second-order valence-electron chi connectivity index (χ2n) is 10.6. The Labute approximate surface area is 212 Å². The number of imidazole rings is 1. The van der Waals surface area contributed by atoms with Gasteiger partial charge < -0.3 is 15.4 Å². The van der Waals surface area contributed by atoms with Crippen LogP contribution in [0.5, 0.6) is 0 Å². The maximum atomic E-state index is 13.2. The van der Waals surface area contributed by atoms with Crippen LogP contribution in [0.2, 0.25) is 0 Å². The van der Waals surface area contributed by atoms with Gasteiger partial charge in [-0.3, -0.25) is 13.8 Å². The molecular formula is C26H31N7O2S. The molecule has 0 spiro atoms. The molecular weight excluding hydrogens is 474 g/mol. The molecule has 3 N–H and O–H groups in total. The molecule has 188 valence electrons. The minimum atomic E-state index is -0.878. The number of thiophene rings is 1. The first-order valence-corrected chi connectivity index (χ1v) is 13.1. The summed E-state index contributed by atoms with van der Waals surface area (Å²) >= 11 is 1.82. The van der Waals surface area contributed by atoms with Crippen LogP contribution in [0.3, 0.4) is 0 Å². The quantitative estimate of drug-likeness (QED) is 0.337. The molecule has 6 rings (SSSR count). The first kappa shape index (κ1) is 23.2. The molecule has 10 heteroatoms. The molecule has 0 aromatic carbocycles. The summed E-state index contributed by atoms with van der Waals surface area (Å²) in [4.78, 5) is 24.1. The largest absolute Gasteiger partial charge is 0.389 e. The standard InChI is InChI=1S/C26H31N7O2S/c1-14(2)33-23-17(31(5)25(33)34)11-28-24-21(23)20(19-8-15-9-27-7-6-18(15)36-19)22(30-24)16-10-29-32(12-16)13-26(3,4)35/h8,10-12,14,27,35H,6-7,9,13H2,1-5H3,(H,28,30). The van der Waals surface area contributed by atoms with Gasteiger partial charge in [0.2, 0.25) is 0 Å². The van der Waals surface area contributed by atoms with Gasteiger partial charge in [-0.1, -0.05) is 0 Å². The van der Waals surface area contributed by atoms with Crippen LogP contribution < -0.4 is 11.0 Å². The van der Waals surface area contributed by atoms with Gasteiger partial charge in [0, 0.05) is 53.3 Å². The summed E-state index contributed by atoms with van der Waals surface area (Å²) in [5.74, 6) is 0. The van der Waals surface area contributed by atoms with E-state index in [9.17, 15) is 9.90 Å². The van der Waals surface area contributed by atoms with Crippen molar-refractivity contribution in [1.29, 1.82) is 0 Å². The van der Waals surface area contributed by atoms with E-state index in [0.29, 0.717) is 6.54 Å². The van der Waals surface area contributed by atoms with Crippen molar-refractivity contribution < 1.29 is 5.11 Å². The Hall–Kier alpha value is -3.21. The fourth-order valence-corrected chi connectivity index (χ4v) is 6.51. The van der Waals surface area contributed by atoms with Crippen molar-refractivity contribution >= 4 is 33.4 Å². The average molecular weight is 506 g/mol. The first-order chi connectivity index (χ1) is 17.1. The molecule has 9 nitrogen and oxygen atoms in total. The summed E-state index contributed by atoms with van der Waals surface area (Å²) in [6, 6.07) is 2.27. The molecule has 0 unspecified atom stereocenters. The first-order valence-electron chi connectivity index (χ1n) is 12.3. The lowest BCUT2D eigenvalue weighted by atomic mass is 10.0. The van der Waals surface area contributed by atoms with Gasteiger partial charge in [0.15, 0.2) is 0 Å². The monoisotopic (exact) mass is 505 g/mol. The van der Waals surface area contributed by atoms with E-state index < -0.39 is 5.60 Å². The lowest BCUT2D eigenvalue weighted by Crippen LogP contribution is -2.26. The third-order valence-corrected chi connectivity index (χ3v) is 8.10. The molecule has 0 atom stereocenters. The molecule has 6 heterocycles. The molecule has 0 radical (unpaired) electrons. The predicted molar refractivity (Wildman–Crippen MR) is 143 cm³/mol. The molecule has 0 bridgehead atoms. The molecule has 0 amide bonds. The summed E-state index contributed by atoms with van der Waals surface area (Å²) in [5.41, 5.74) is 5.74. The van der Waals surface area contributed by atoms with Gasteiger partial charge in [0.05, 0.1) is 46.7 Å². The smallest absolute Gasteiger partial charge is 0.329 e. The summed E-state index contributed by atoms with van der Waals surface area (Å²) in [5, 5.41) is 19.3. The van der Waals surface area contributed by atoms with E-state index in [1.54, 1.807) is 36.3 Å². The van der Waals surface area contributed by atoms with Crippen LogP contribution in [-0.4, -0.2) is 46.1 Å². The van der Waals surface area contributed by atoms with Crippen LogP contribution in [0.15, 0.2) is 29.5 Å². The third-order valence-electron chi connectivity index (χ3n) is 6.85. The molecule has 1 aliphatic heterocycles. The highest BCUT2D eigenvalue weighted by Crippen LogP contribution is 2.45. The second kappa shape index (κ2) is 8.16. The van der Waals surface area contributed by atoms with E-state index in [0.717, 1.165) is 63.3 Å².